The molecule has 4 aromatic rings. The van der Waals surface area contributed by atoms with Crippen LogP contribution >= 0.6 is 11.3 Å². The molecule has 1 aliphatic carbocycles. The summed E-state index contributed by atoms with van der Waals surface area (Å²) in [7, 11) is -2.09. The van der Waals surface area contributed by atoms with E-state index < -0.39 is 27.6 Å². The molecule has 1 saturated carbocycles. The lowest BCUT2D eigenvalue weighted by atomic mass is 10.1. The largest absolute Gasteiger partial charge is 0.279 e. The number of anilines is 1. The Morgan fingerprint density at radius 1 is 1.06 bits per heavy atom. The molecule has 1 aliphatic rings. The molecule has 0 aliphatic heterocycles. The Bertz CT molecular complexity index is 1500. The van der Waals surface area contributed by atoms with Gasteiger partial charge in [0.05, 0.1) is 16.1 Å². The van der Waals surface area contributed by atoms with E-state index in [1.807, 2.05) is 30.3 Å². The first-order chi connectivity index (χ1) is 16.7. The normalized spacial score (nSPS) is 13.9. The fourth-order valence-electron chi connectivity index (χ4n) is 3.78. The number of nitrogens with zero attached hydrogens (tertiary/aromatic N) is 3. The van der Waals surface area contributed by atoms with Crippen LogP contribution in [0.4, 0.5) is 13.9 Å². The van der Waals surface area contributed by atoms with Crippen molar-refractivity contribution in [3.05, 3.63) is 89.5 Å². The van der Waals surface area contributed by atoms with Crippen molar-refractivity contribution in [3.8, 4) is 0 Å². The van der Waals surface area contributed by atoms with Crippen molar-refractivity contribution in [1.29, 1.82) is 0 Å². The Morgan fingerprint density at radius 3 is 2.40 bits per heavy atom. The molecule has 0 spiro atoms. The number of aromatic nitrogens is 1. The molecule has 180 valence electrons. The standard InChI is InChI=1S/C25H21F2N3O3S2/c1-29(19-9-10-19)35(32,33)20-11-7-17(8-12-20)24(31)30(15-16-5-3-2-4-6-16)25-28-23-21(27)13-18(26)14-22(23)34-25/h2-8,11-14,19H,9-10,15H2,1H3. The Kier molecular flexibility index (Phi) is 6.12. The third-order valence-corrected chi connectivity index (χ3v) is 8.85. The second kappa shape index (κ2) is 9.10. The molecule has 0 N–H and O–H groups in total. The van der Waals surface area contributed by atoms with Gasteiger partial charge in [-0.05, 0) is 48.7 Å². The highest BCUT2D eigenvalue weighted by Gasteiger charge is 2.35. The molecule has 1 aromatic heterocycles. The van der Waals surface area contributed by atoms with Crippen molar-refractivity contribution in [3.63, 3.8) is 0 Å². The highest BCUT2D eigenvalue weighted by atomic mass is 32.2. The van der Waals surface area contributed by atoms with Crippen LogP contribution in [0, 0.1) is 11.6 Å². The van der Waals surface area contributed by atoms with Crippen LogP contribution < -0.4 is 4.90 Å². The summed E-state index contributed by atoms with van der Waals surface area (Å²) in [6.07, 6.45) is 1.68. The van der Waals surface area contributed by atoms with Gasteiger partial charge in [-0.25, -0.2) is 22.2 Å². The van der Waals surface area contributed by atoms with Crippen LogP contribution in [0.2, 0.25) is 0 Å². The summed E-state index contributed by atoms with van der Waals surface area (Å²) in [5.41, 5.74) is 1.05. The van der Waals surface area contributed by atoms with Crippen molar-refractivity contribution < 1.29 is 22.0 Å². The number of fused-ring (bicyclic) bond motifs is 1. The van der Waals surface area contributed by atoms with Crippen LogP contribution in [0.5, 0.6) is 0 Å². The molecule has 1 amide bonds. The molecular weight excluding hydrogens is 492 g/mol. The molecule has 10 heteroatoms. The first-order valence-electron chi connectivity index (χ1n) is 10.9. The van der Waals surface area contributed by atoms with Gasteiger partial charge in [0.25, 0.3) is 5.91 Å². The predicted octanol–water partition coefficient (Wildman–Crippen LogP) is 5.20. The summed E-state index contributed by atoms with van der Waals surface area (Å²) >= 11 is 1.01. The zero-order valence-electron chi connectivity index (χ0n) is 18.7. The van der Waals surface area contributed by atoms with E-state index in [9.17, 15) is 22.0 Å². The fraction of sp³-hybridized carbons (Fsp3) is 0.200. The molecule has 1 heterocycles. The van der Waals surface area contributed by atoms with E-state index in [1.165, 1.54) is 39.5 Å². The molecule has 35 heavy (non-hydrogen) atoms. The van der Waals surface area contributed by atoms with Crippen LogP contribution in [0.15, 0.2) is 71.6 Å². The van der Waals surface area contributed by atoms with Crippen molar-refractivity contribution in [1.82, 2.24) is 9.29 Å². The van der Waals surface area contributed by atoms with Gasteiger partial charge in [-0.3, -0.25) is 9.69 Å². The van der Waals surface area contributed by atoms with Gasteiger partial charge in [-0.15, -0.1) is 0 Å². The minimum Gasteiger partial charge on any atom is -0.279 e. The Labute approximate surface area is 205 Å². The summed E-state index contributed by atoms with van der Waals surface area (Å²) < 4.78 is 55.3. The van der Waals surface area contributed by atoms with E-state index >= 15 is 0 Å². The number of hydrogen-bond acceptors (Lipinski definition) is 5. The minimum atomic E-state index is -3.64. The maximum Gasteiger partial charge on any atom is 0.260 e. The first kappa shape index (κ1) is 23.5. The number of sulfonamides is 1. The number of carbonyl (C=O) groups excluding carboxylic acids is 1. The van der Waals surface area contributed by atoms with Crippen LogP contribution in [-0.4, -0.2) is 36.7 Å². The van der Waals surface area contributed by atoms with Gasteiger partial charge in [-0.1, -0.05) is 41.7 Å². The van der Waals surface area contributed by atoms with E-state index in [1.54, 1.807) is 7.05 Å². The second-order valence-electron chi connectivity index (χ2n) is 8.38. The number of hydrogen-bond donors (Lipinski definition) is 0. The summed E-state index contributed by atoms with van der Waals surface area (Å²) in [4.78, 5) is 19.3. The van der Waals surface area contributed by atoms with Crippen molar-refractivity contribution in [2.75, 3.05) is 11.9 Å². The van der Waals surface area contributed by atoms with Gasteiger partial charge in [0.15, 0.2) is 10.9 Å². The predicted molar refractivity (Wildman–Crippen MR) is 131 cm³/mol. The van der Waals surface area contributed by atoms with Crippen LogP contribution in [0.3, 0.4) is 0 Å². The number of benzene rings is 3. The molecule has 0 radical (unpaired) electrons. The van der Waals surface area contributed by atoms with E-state index in [4.69, 9.17) is 0 Å². The second-order valence-corrected chi connectivity index (χ2v) is 11.4. The van der Waals surface area contributed by atoms with E-state index in [-0.39, 0.29) is 38.4 Å². The van der Waals surface area contributed by atoms with Crippen LogP contribution in [-0.2, 0) is 16.6 Å². The Hall–Kier alpha value is -3.21. The fourth-order valence-corrected chi connectivity index (χ4v) is 6.20. The molecular formula is C25H21F2N3O3S2. The summed E-state index contributed by atoms with van der Waals surface area (Å²) in [6.45, 7) is 0.147. The molecule has 1 fully saturated rings. The average molecular weight is 514 g/mol. The first-order valence-corrected chi connectivity index (χ1v) is 13.2. The quantitative estimate of drug-likeness (QED) is 0.340. The third kappa shape index (κ3) is 4.69. The van der Waals surface area contributed by atoms with Gasteiger partial charge in [-0.2, -0.15) is 4.31 Å². The van der Waals surface area contributed by atoms with Crippen molar-refractivity contribution >= 4 is 42.6 Å². The number of thiazole rings is 1. The van der Waals surface area contributed by atoms with Gasteiger partial charge in [0.1, 0.15) is 11.3 Å². The summed E-state index contributed by atoms with van der Waals surface area (Å²) in [5, 5.41) is 0.212. The highest BCUT2D eigenvalue weighted by molar-refractivity contribution is 7.89. The molecule has 0 saturated heterocycles. The van der Waals surface area contributed by atoms with Gasteiger partial charge in [0, 0.05) is 24.7 Å². The molecule has 3 aromatic carbocycles. The van der Waals surface area contributed by atoms with E-state index in [2.05, 4.69) is 4.98 Å². The van der Waals surface area contributed by atoms with Crippen LogP contribution in [0.25, 0.3) is 10.2 Å². The molecule has 6 nitrogen and oxygen atoms in total. The molecule has 0 atom stereocenters. The molecule has 5 rings (SSSR count). The van der Waals surface area contributed by atoms with Crippen molar-refractivity contribution in [2.24, 2.45) is 0 Å². The van der Waals surface area contributed by atoms with E-state index in [0.717, 1.165) is 35.8 Å². The zero-order chi connectivity index (χ0) is 24.7. The Balaban J connectivity index is 1.50. The van der Waals surface area contributed by atoms with Crippen LogP contribution in [0.1, 0.15) is 28.8 Å². The lowest BCUT2D eigenvalue weighted by Crippen LogP contribution is -2.31. The summed E-state index contributed by atoms with van der Waals surface area (Å²) in [6, 6.07) is 16.9. The van der Waals surface area contributed by atoms with E-state index in [0.29, 0.717) is 0 Å². The monoisotopic (exact) mass is 513 g/mol. The highest BCUT2D eigenvalue weighted by Crippen LogP contribution is 2.33. The lowest BCUT2D eigenvalue weighted by molar-refractivity contribution is 0.0985. The maximum atomic E-state index is 14.3. The number of amides is 1. The minimum absolute atomic E-state index is 0.0122. The zero-order valence-corrected chi connectivity index (χ0v) is 20.3. The maximum absolute atomic E-state index is 14.3. The number of carbonyl (C=O) groups is 1. The number of rotatable bonds is 7. The van der Waals surface area contributed by atoms with Crippen molar-refractivity contribution in [2.45, 2.75) is 30.3 Å². The van der Waals surface area contributed by atoms with Gasteiger partial charge in [0.2, 0.25) is 10.0 Å². The summed E-state index contributed by atoms with van der Waals surface area (Å²) in [5.74, 6) is -1.96. The third-order valence-electron chi connectivity index (χ3n) is 5.90. The SMILES string of the molecule is CN(C1CC1)S(=O)(=O)c1ccc(C(=O)N(Cc2ccccc2)c2nc3c(F)cc(F)cc3s2)cc1. The molecule has 0 bridgehead atoms. The van der Waals surface area contributed by atoms with Gasteiger partial charge >= 0.3 is 0 Å². The smallest absolute Gasteiger partial charge is 0.260 e. The average Bonchev–Trinajstić information content (AvgIpc) is 3.61. The topological polar surface area (TPSA) is 70.6 Å². The Morgan fingerprint density at radius 2 is 1.74 bits per heavy atom. The number of halogens is 2. The van der Waals surface area contributed by atoms with Gasteiger partial charge < -0.3 is 0 Å². The molecule has 0 unspecified atom stereocenters. The lowest BCUT2D eigenvalue weighted by Gasteiger charge is -2.21.